The molecule has 0 bridgehead atoms. The molecule has 0 N–H and O–H groups in total. The highest BCUT2D eigenvalue weighted by molar-refractivity contribution is 8.00. The number of carbonyl (C=O) groups excluding carboxylic acids is 2. The maximum absolute atomic E-state index is 13.3. The minimum Gasteiger partial charge on any atom is -0.445 e. The lowest BCUT2D eigenvalue weighted by Crippen LogP contribution is -2.47. The van der Waals surface area contributed by atoms with Gasteiger partial charge in [0.1, 0.15) is 12.2 Å². The molecule has 1 aromatic heterocycles. The van der Waals surface area contributed by atoms with Gasteiger partial charge in [0.05, 0.1) is 23.1 Å². The molecular weight excluding hydrogens is 557 g/mol. The van der Waals surface area contributed by atoms with Gasteiger partial charge in [-0.25, -0.2) is 14.3 Å². The highest BCUT2D eigenvalue weighted by Crippen LogP contribution is 2.39. The van der Waals surface area contributed by atoms with E-state index in [0.717, 1.165) is 22.5 Å². The smallest absolute Gasteiger partial charge is 0.445 e. The van der Waals surface area contributed by atoms with E-state index < -0.39 is 29.3 Å². The van der Waals surface area contributed by atoms with Crippen LogP contribution in [0.25, 0.3) is 5.69 Å². The van der Waals surface area contributed by atoms with Gasteiger partial charge in [0.2, 0.25) is 0 Å². The van der Waals surface area contributed by atoms with Gasteiger partial charge in [0.25, 0.3) is 0 Å². The molecule has 8 nitrogen and oxygen atoms in total. The molecule has 0 saturated heterocycles. The largest absolute Gasteiger partial charge is 0.446 e. The van der Waals surface area contributed by atoms with Crippen molar-refractivity contribution in [3.8, 4) is 5.69 Å². The Morgan fingerprint density at radius 2 is 1.68 bits per heavy atom. The average Bonchev–Trinajstić information content (AvgIpc) is 3.16. The minimum atomic E-state index is -4.37. The highest BCUT2D eigenvalue weighted by Gasteiger charge is 2.41. The Bertz CT molecular complexity index is 1400. The van der Waals surface area contributed by atoms with Crippen molar-refractivity contribution in [3.05, 3.63) is 77.1 Å². The number of halogens is 3. The van der Waals surface area contributed by atoms with Crippen LogP contribution in [0, 0.1) is 0 Å². The maximum atomic E-state index is 13.3. The van der Waals surface area contributed by atoms with E-state index in [1.807, 2.05) is 30.3 Å². The van der Waals surface area contributed by atoms with Crippen LogP contribution in [0.4, 0.5) is 22.8 Å². The number of thioether (sulfide) groups is 1. The standard InChI is InChI=1S/C29H31F3N4O4S/c1-28(2,3)40-27(38)35-16-14-23-25-22(33-36(23)20-9-11-21(12-10-20)41-29(30,31)32)13-15-34(17-24(25)35)26(37)39-18-19-7-5-4-6-8-19/h4-12,24H,13-18H2,1-3H3. The van der Waals surface area contributed by atoms with Crippen molar-refractivity contribution in [3.63, 3.8) is 0 Å². The lowest BCUT2D eigenvalue weighted by molar-refractivity contribution is -0.0328. The zero-order valence-electron chi connectivity index (χ0n) is 23.0. The number of rotatable bonds is 4. The normalized spacial score (nSPS) is 17.1. The SMILES string of the molecule is CC(C)(C)OC(=O)N1CCc2c3c(nn2-c2ccc(SC(F)(F)F)cc2)CCN(C(=O)OCc2ccccc2)CC31. The summed E-state index contributed by atoms with van der Waals surface area (Å²) in [5.74, 6) is 0. The Balaban J connectivity index is 1.44. The monoisotopic (exact) mass is 588 g/mol. The molecular formula is C29H31F3N4O4S. The first-order valence-corrected chi connectivity index (χ1v) is 14.1. The van der Waals surface area contributed by atoms with Gasteiger partial charge in [0, 0.05) is 42.9 Å². The number of hydrogen-bond donors (Lipinski definition) is 0. The molecule has 0 saturated carbocycles. The van der Waals surface area contributed by atoms with E-state index in [1.54, 1.807) is 47.4 Å². The fourth-order valence-corrected chi connectivity index (χ4v) is 5.65. The molecule has 0 spiro atoms. The molecule has 0 aliphatic carbocycles. The van der Waals surface area contributed by atoms with Crippen LogP contribution in [-0.2, 0) is 28.9 Å². The third kappa shape index (κ3) is 6.80. The molecule has 3 aromatic rings. The molecule has 0 fully saturated rings. The average molecular weight is 589 g/mol. The van der Waals surface area contributed by atoms with Gasteiger partial charge in [-0.15, -0.1) is 0 Å². The molecule has 2 aliphatic heterocycles. The van der Waals surface area contributed by atoms with Crippen molar-refractivity contribution < 1.29 is 32.2 Å². The van der Waals surface area contributed by atoms with Crippen molar-refractivity contribution >= 4 is 23.9 Å². The third-order valence-corrected chi connectivity index (χ3v) is 7.55. The van der Waals surface area contributed by atoms with Crippen LogP contribution < -0.4 is 0 Å². The molecule has 2 aliphatic rings. The summed E-state index contributed by atoms with van der Waals surface area (Å²) >= 11 is -0.168. The summed E-state index contributed by atoms with van der Waals surface area (Å²) in [5, 5.41) is 4.83. The summed E-state index contributed by atoms with van der Waals surface area (Å²) in [6.45, 7) is 6.37. The number of nitrogens with zero attached hydrogens (tertiary/aromatic N) is 4. The fourth-order valence-electron chi connectivity index (χ4n) is 5.11. The first-order chi connectivity index (χ1) is 19.4. The highest BCUT2D eigenvalue weighted by atomic mass is 32.2. The van der Waals surface area contributed by atoms with E-state index >= 15 is 0 Å². The first-order valence-electron chi connectivity index (χ1n) is 13.3. The molecule has 0 radical (unpaired) electrons. The van der Waals surface area contributed by atoms with Crippen LogP contribution in [0.2, 0.25) is 0 Å². The summed E-state index contributed by atoms with van der Waals surface area (Å²) in [6, 6.07) is 14.9. The Kier molecular flexibility index (Phi) is 7.95. The summed E-state index contributed by atoms with van der Waals surface area (Å²) in [7, 11) is 0. The Hall–Kier alpha value is -3.67. The molecule has 5 rings (SSSR count). The van der Waals surface area contributed by atoms with Crippen LogP contribution in [0.3, 0.4) is 0 Å². The Morgan fingerprint density at radius 3 is 2.34 bits per heavy atom. The quantitative estimate of drug-likeness (QED) is 0.324. The number of aromatic nitrogens is 2. The zero-order chi connectivity index (χ0) is 29.4. The van der Waals surface area contributed by atoms with Gasteiger partial charge in [-0.3, -0.25) is 4.90 Å². The van der Waals surface area contributed by atoms with E-state index in [1.165, 1.54) is 12.1 Å². The van der Waals surface area contributed by atoms with Crippen molar-refractivity contribution in [2.45, 2.75) is 62.3 Å². The zero-order valence-corrected chi connectivity index (χ0v) is 23.8. The maximum Gasteiger partial charge on any atom is 0.446 e. The van der Waals surface area contributed by atoms with Gasteiger partial charge >= 0.3 is 17.7 Å². The van der Waals surface area contributed by atoms with Gasteiger partial charge < -0.3 is 14.4 Å². The number of alkyl halides is 3. The molecule has 1 atom stereocenters. The summed E-state index contributed by atoms with van der Waals surface area (Å²) in [4.78, 5) is 29.8. The molecule has 41 heavy (non-hydrogen) atoms. The van der Waals surface area contributed by atoms with Gasteiger partial charge in [0.15, 0.2) is 0 Å². The second-order valence-electron chi connectivity index (χ2n) is 10.9. The van der Waals surface area contributed by atoms with Crippen LogP contribution in [0.1, 0.15) is 49.3 Å². The summed E-state index contributed by atoms with van der Waals surface area (Å²) in [6.07, 6.45) is -0.0766. The van der Waals surface area contributed by atoms with Crippen molar-refractivity contribution in [1.29, 1.82) is 0 Å². The molecule has 1 unspecified atom stereocenters. The minimum absolute atomic E-state index is 0.0854. The third-order valence-electron chi connectivity index (χ3n) is 6.82. The van der Waals surface area contributed by atoms with Crippen LogP contribution in [0.5, 0.6) is 0 Å². The van der Waals surface area contributed by atoms with Crippen LogP contribution in [-0.4, -0.2) is 62.5 Å². The van der Waals surface area contributed by atoms with Gasteiger partial charge in [-0.2, -0.15) is 18.3 Å². The number of benzene rings is 2. The van der Waals surface area contributed by atoms with Crippen molar-refractivity contribution in [2.24, 2.45) is 0 Å². The number of ether oxygens (including phenoxy) is 2. The number of hydrogen-bond acceptors (Lipinski definition) is 6. The predicted octanol–water partition coefficient (Wildman–Crippen LogP) is 6.51. The first kappa shape index (κ1) is 28.8. The number of amides is 2. The Morgan fingerprint density at radius 1 is 0.976 bits per heavy atom. The Labute approximate surface area is 240 Å². The fraction of sp³-hybridized carbons (Fsp3) is 0.414. The molecule has 3 heterocycles. The van der Waals surface area contributed by atoms with E-state index in [4.69, 9.17) is 14.6 Å². The second-order valence-corrected chi connectivity index (χ2v) is 12.1. The second kappa shape index (κ2) is 11.3. The predicted molar refractivity (Wildman–Crippen MR) is 147 cm³/mol. The molecule has 2 aromatic carbocycles. The van der Waals surface area contributed by atoms with Gasteiger partial charge in [-0.1, -0.05) is 30.3 Å². The van der Waals surface area contributed by atoms with Gasteiger partial charge in [-0.05, 0) is 62.4 Å². The van der Waals surface area contributed by atoms with E-state index in [2.05, 4.69) is 0 Å². The molecule has 2 amide bonds. The number of carbonyl (C=O) groups is 2. The lowest BCUT2D eigenvalue weighted by atomic mass is 9.96. The molecule has 218 valence electrons. The van der Waals surface area contributed by atoms with Crippen LogP contribution in [0.15, 0.2) is 59.5 Å². The van der Waals surface area contributed by atoms with E-state index in [9.17, 15) is 22.8 Å². The van der Waals surface area contributed by atoms with Crippen molar-refractivity contribution in [1.82, 2.24) is 19.6 Å². The topological polar surface area (TPSA) is 76.9 Å². The summed E-state index contributed by atoms with van der Waals surface area (Å²) in [5.41, 5.74) is -1.16. The summed E-state index contributed by atoms with van der Waals surface area (Å²) < 4.78 is 51.5. The van der Waals surface area contributed by atoms with E-state index in [0.29, 0.717) is 31.6 Å². The van der Waals surface area contributed by atoms with E-state index in [-0.39, 0.29) is 29.8 Å². The molecule has 12 heteroatoms. The van der Waals surface area contributed by atoms with Crippen molar-refractivity contribution in [2.75, 3.05) is 19.6 Å². The lowest BCUT2D eigenvalue weighted by Gasteiger charge is -2.38. The van der Waals surface area contributed by atoms with Crippen LogP contribution >= 0.6 is 11.8 Å².